The molecule has 0 spiro atoms. The Morgan fingerprint density at radius 3 is 2.62 bits per heavy atom. The molecule has 0 bridgehead atoms. The minimum atomic E-state index is 0.714. The molecule has 0 aromatic carbocycles. The molecule has 90 valence electrons. The molecule has 2 N–H and O–H groups in total. The zero-order valence-corrected chi connectivity index (χ0v) is 10.5. The third kappa shape index (κ3) is 4.04. The molecular formula is C12H22N4. The van der Waals surface area contributed by atoms with E-state index in [0.29, 0.717) is 5.95 Å². The van der Waals surface area contributed by atoms with Gasteiger partial charge in [0.1, 0.15) is 5.82 Å². The van der Waals surface area contributed by atoms with Crippen LogP contribution in [0.25, 0.3) is 0 Å². The lowest BCUT2D eigenvalue weighted by Crippen LogP contribution is -2.09. The molecule has 4 heteroatoms. The van der Waals surface area contributed by atoms with Gasteiger partial charge in [-0.15, -0.1) is 0 Å². The smallest absolute Gasteiger partial charge is 0.224 e. The van der Waals surface area contributed by atoms with E-state index in [1.54, 1.807) is 0 Å². The van der Waals surface area contributed by atoms with Gasteiger partial charge in [-0.05, 0) is 19.8 Å². The molecule has 0 radical (unpaired) electrons. The Labute approximate surface area is 97.9 Å². The van der Waals surface area contributed by atoms with Crippen LogP contribution in [0.5, 0.6) is 0 Å². The van der Waals surface area contributed by atoms with Crippen molar-refractivity contribution in [1.82, 2.24) is 9.97 Å². The largest absolute Gasteiger partial charge is 0.370 e. The van der Waals surface area contributed by atoms with Crippen molar-refractivity contribution in [2.45, 2.75) is 40.0 Å². The van der Waals surface area contributed by atoms with Crippen molar-refractivity contribution in [3.63, 3.8) is 0 Å². The van der Waals surface area contributed by atoms with Crippen LogP contribution in [0, 0.1) is 6.92 Å². The predicted molar refractivity (Wildman–Crippen MR) is 68.9 cm³/mol. The van der Waals surface area contributed by atoms with Gasteiger partial charge in [0.25, 0.3) is 0 Å². The molecule has 1 heterocycles. The standard InChI is InChI=1S/C12H22N4/c1-4-6-8-13-11-10(3)9-15-12(16-11)14-7-5-2/h9H,4-8H2,1-3H3,(H2,13,14,15,16). The van der Waals surface area contributed by atoms with E-state index in [1.165, 1.54) is 12.8 Å². The van der Waals surface area contributed by atoms with E-state index in [-0.39, 0.29) is 0 Å². The summed E-state index contributed by atoms with van der Waals surface area (Å²) in [6, 6.07) is 0. The third-order valence-electron chi connectivity index (χ3n) is 2.33. The van der Waals surface area contributed by atoms with Gasteiger partial charge in [0.2, 0.25) is 5.95 Å². The van der Waals surface area contributed by atoms with Crippen LogP contribution in [0.1, 0.15) is 38.7 Å². The van der Waals surface area contributed by atoms with E-state index in [4.69, 9.17) is 0 Å². The van der Waals surface area contributed by atoms with Crippen molar-refractivity contribution in [2.75, 3.05) is 23.7 Å². The Morgan fingerprint density at radius 2 is 1.94 bits per heavy atom. The molecule has 0 saturated carbocycles. The number of aryl methyl sites for hydroxylation is 1. The van der Waals surface area contributed by atoms with E-state index in [9.17, 15) is 0 Å². The van der Waals surface area contributed by atoms with E-state index < -0.39 is 0 Å². The predicted octanol–water partition coefficient (Wildman–Crippen LogP) is 2.82. The lowest BCUT2D eigenvalue weighted by atomic mass is 10.3. The summed E-state index contributed by atoms with van der Waals surface area (Å²) in [4.78, 5) is 8.69. The first-order valence-corrected chi connectivity index (χ1v) is 6.09. The van der Waals surface area contributed by atoms with Crippen molar-refractivity contribution < 1.29 is 0 Å². The number of aromatic nitrogens is 2. The number of rotatable bonds is 7. The molecule has 0 saturated heterocycles. The summed E-state index contributed by atoms with van der Waals surface area (Å²) >= 11 is 0. The molecule has 16 heavy (non-hydrogen) atoms. The molecule has 0 aliphatic heterocycles. The molecule has 1 aromatic heterocycles. The first-order valence-electron chi connectivity index (χ1n) is 6.09. The lowest BCUT2D eigenvalue weighted by molar-refractivity contribution is 0.828. The monoisotopic (exact) mass is 222 g/mol. The molecule has 1 rings (SSSR count). The number of unbranched alkanes of at least 4 members (excludes halogenated alkanes) is 1. The molecule has 4 nitrogen and oxygen atoms in total. The maximum atomic E-state index is 4.45. The molecular weight excluding hydrogens is 200 g/mol. The maximum Gasteiger partial charge on any atom is 0.224 e. The second kappa shape index (κ2) is 7.04. The average molecular weight is 222 g/mol. The summed E-state index contributed by atoms with van der Waals surface area (Å²) in [5, 5.41) is 6.53. The van der Waals surface area contributed by atoms with Crippen molar-refractivity contribution in [3.05, 3.63) is 11.8 Å². The van der Waals surface area contributed by atoms with Gasteiger partial charge in [-0.2, -0.15) is 4.98 Å². The van der Waals surface area contributed by atoms with Crippen LogP contribution < -0.4 is 10.6 Å². The number of hydrogen-bond acceptors (Lipinski definition) is 4. The van der Waals surface area contributed by atoms with Gasteiger partial charge >= 0.3 is 0 Å². The number of hydrogen-bond donors (Lipinski definition) is 2. The van der Waals surface area contributed by atoms with Gasteiger partial charge in [0.15, 0.2) is 0 Å². The van der Waals surface area contributed by atoms with E-state index in [2.05, 4.69) is 34.4 Å². The highest BCUT2D eigenvalue weighted by molar-refractivity contribution is 5.46. The number of nitrogens with one attached hydrogen (secondary N) is 2. The average Bonchev–Trinajstić information content (AvgIpc) is 2.30. The Morgan fingerprint density at radius 1 is 1.12 bits per heavy atom. The van der Waals surface area contributed by atoms with Crippen LogP contribution in [-0.4, -0.2) is 23.1 Å². The van der Waals surface area contributed by atoms with Gasteiger partial charge in [-0.1, -0.05) is 20.3 Å². The Hall–Kier alpha value is -1.32. The molecule has 1 aromatic rings. The minimum absolute atomic E-state index is 0.714. The van der Waals surface area contributed by atoms with Gasteiger partial charge in [-0.3, -0.25) is 0 Å². The summed E-state index contributed by atoms with van der Waals surface area (Å²) in [5.41, 5.74) is 1.10. The normalized spacial score (nSPS) is 10.2. The van der Waals surface area contributed by atoms with Crippen LogP contribution in [-0.2, 0) is 0 Å². The van der Waals surface area contributed by atoms with E-state index >= 15 is 0 Å². The highest BCUT2D eigenvalue weighted by Crippen LogP contribution is 2.12. The van der Waals surface area contributed by atoms with Gasteiger partial charge < -0.3 is 10.6 Å². The van der Waals surface area contributed by atoms with E-state index in [0.717, 1.165) is 30.9 Å². The van der Waals surface area contributed by atoms with Crippen LogP contribution in [0.15, 0.2) is 6.20 Å². The zero-order valence-electron chi connectivity index (χ0n) is 10.5. The first kappa shape index (κ1) is 12.7. The number of anilines is 2. The summed E-state index contributed by atoms with van der Waals surface area (Å²) in [6.07, 6.45) is 5.30. The highest BCUT2D eigenvalue weighted by Gasteiger charge is 2.02. The fourth-order valence-corrected chi connectivity index (χ4v) is 1.33. The SMILES string of the molecule is CCCCNc1nc(NCCC)ncc1C. The fourth-order valence-electron chi connectivity index (χ4n) is 1.33. The molecule has 0 atom stereocenters. The molecule has 0 unspecified atom stereocenters. The highest BCUT2D eigenvalue weighted by atomic mass is 15.1. The Kier molecular flexibility index (Phi) is 5.61. The minimum Gasteiger partial charge on any atom is -0.370 e. The molecule has 0 fully saturated rings. The summed E-state index contributed by atoms with van der Waals surface area (Å²) in [7, 11) is 0. The van der Waals surface area contributed by atoms with Gasteiger partial charge in [0.05, 0.1) is 0 Å². The topological polar surface area (TPSA) is 49.8 Å². The molecule has 0 amide bonds. The van der Waals surface area contributed by atoms with Crippen molar-refractivity contribution in [1.29, 1.82) is 0 Å². The fraction of sp³-hybridized carbons (Fsp3) is 0.667. The molecule has 0 aliphatic rings. The van der Waals surface area contributed by atoms with Crippen LogP contribution in [0.4, 0.5) is 11.8 Å². The quantitative estimate of drug-likeness (QED) is 0.696. The number of nitrogens with zero attached hydrogens (tertiary/aromatic N) is 2. The summed E-state index contributed by atoms with van der Waals surface area (Å²) in [6.45, 7) is 8.22. The zero-order chi connectivity index (χ0) is 11.8. The second-order valence-corrected chi connectivity index (χ2v) is 3.93. The van der Waals surface area contributed by atoms with Crippen molar-refractivity contribution >= 4 is 11.8 Å². The summed E-state index contributed by atoms with van der Waals surface area (Å²) < 4.78 is 0. The third-order valence-corrected chi connectivity index (χ3v) is 2.33. The van der Waals surface area contributed by atoms with Crippen molar-refractivity contribution in [3.8, 4) is 0 Å². The van der Waals surface area contributed by atoms with Crippen molar-refractivity contribution in [2.24, 2.45) is 0 Å². The van der Waals surface area contributed by atoms with Gasteiger partial charge in [-0.25, -0.2) is 4.98 Å². The van der Waals surface area contributed by atoms with Crippen LogP contribution in [0.3, 0.4) is 0 Å². The van der Waals surface area contributed by atoms with Gasteiger partial charge in [0, 0.05) is 24.8 Å². The van der Waals surface area contributed by atoms with E-state index in [1.807, 2.05) is 13.1 Å². The Balaban J connectivity index is 2.59. The maximum absolute atomic E-state index is 4.45. The first-order chi connectivity index (χ1) is 7.77. The van der Waals surface area contributed by atoms with Crippen LogP contribution >= 0.6 is 0 Å². The second-order valence-electron chi connectivity index (χ2n) is 3.93. The molecule has 0 aliphatic carbocycles. The Bertz CT molecular complexity index is 312. The lowest BCUT2D eigenvalue weighted by Gasteiger charge is -2.10. The van der Waals surface area contributed by atoms with Crippen LogP contribution in [0.2, 0.25) is 0 Å². The summed E-state index contributed by atoms with van der Waals surface area (Å²) in [5.74, 6) is 1.66.